The molecule has 0 N–H and O–H groups in total. The molecule has 3 aromatic rings. The van der Waals surface area contributed by atoms with Gasteiger partial charge in [-0.3, -0.25) is 0 Å². The Bertz CT molecular complexity index is 900. The van der Waals surface area contributed by atoms with Crippen molar-refractivity contribution in [1.82, 2.24) is 4.57 Å². The highest BCUT2D eigenvalue weighted by atomic mass is 32.1. The standard InChI is InChI=1S/C19H17N3OS/c1-2-13-22-18(16-8-4-3-5-9-16)15-24-19(22)21-20-12-6-10-17-11-7-14-23-17/h2-12,14-15H,1,13H2/b10-6+,20-12+,21-19-. The van der Waals surface area contributed by atoms with Gasteiger partial charge in [-0.05, 0) is 29.8 Å². The van der Waals surface area contributed by atoms with Crippen molar-refractivity contribution < 1.29 is 4.42 Å². The average molecular weight is 335 g/mol. The van der Waals surface area contributed by atoms with Crippen LogP contribution < -0.4 is 4.80 Å². The van der Waals surface area contributed by atoms with Gasteiger partial charge >= 0.3 is 0 Å². The lowest BCUT2D eigenvalue weighted by Crippen LogP contribution is -2.14. The van der Waals surface area contributed by atoms with Gasteiger partial charge in [0.15, 0.2) is 0 Å². The topological polar surface area (TPSA) is 42.8 Å². The molecule has 0 radical (unpaired) electrons. The quantitative estimate of drug-likeness (QED) is 0.369. The summed E-state index contributed by atoms with van der Waals surface area (Å²) in [6.07, 6.45) is 8.77. The molecule has 0 saturated carbocycles. The molecule has 120 valence electrons. The first-order valence-electron chi connectivity index (χ1n) is 7.50. The van der Waals surface area contributed by atoms with Gasteiger partial charge in [0, 0.05) is 18.1 Å². The molecule has 2 heterocycles. The summed E-state index contributed by atoms with van der Waals surface area (Å²) in [6, 6.07) is 14.0. The molecule has 0 fully saturated rings. The molecule has 5 heteroatoms. The molecule has 0 spiro atoms. The Morgan fingerprint density at radius 2 is 2.04 bits per heavy atom. The molecule has 0 aliphatic heterocycles. The van der Waals surface area contributed by atoms with Crippen molar-refractivity contribution in [2.24, 2.45) is 10.2 Å². The molecular formula is C19H17N3OS. The van der Waals surface area contributed by atoms with E-state index in [4.69, 9.17) is 4.42 Å². The van der Waals surface area contributed by atoms with E-state index in [1.807, 2.05) is 42.5 Å². The van der Waals surface area contributed by atoms with Crippen LogP contribution in [-0.2, 0) is 6.54 Å². The van der Waals surface area contributed by atoms with Gasteiger partial charge in [-0.1, -0.05) is 36.4 Å². The molecule has 0 amide bonds. The van der Waals surface area contributed by atoms with E-state index >= 15 is 0 Å². The molecule has 1 aromatic carbocycles. The Labute approximate surface area is 144 Å². The lowest BCUT2D eigenvalue weighted by atomic mass is 10.2. The fourth-order valence-electron chi connectivity index (χ4n) is 2.20. The summed E-state index contributed by atoms with van der Waals surface area (Å²) < 4.78 is 7.31. The van der Waals surface area contributed by atoms with Gasteiger partial charge in [-0.15, -0.1) is 23.0 Å². The monoisotopic (exact) mass is 335 g/mol. The molecule has 0 aliphatic carbocycles. The third-order valence-electron chi connectivity index (χ3n) is 3.28. The summed E-state index contributed by atoms with van der Waals surface area (Å²) in [4.78, 5) is 0.830. The number of nitrogens with zero attached hydrogens (tertiary/aromatic N) is 3. The van der Waals surface area contributed by atoms with E-state index in [-0.39, 0.29) is 0 Å². The number of benzene rings is 1. The normalized spacial score (nSPS) is 12.4. The Kier molecular flexibility index (Phi) is 5.37. The van der Waals surface area contributed by atoms with Crippen molar-refractivity contribution in [1.29, 1.82) is 0 Å². The van der Waals surface area contributed by atoms with Gasteiger partial charge < -0.3 is 8.98 Å². The van der Waals surface area contributed by atoms with Crippen LogP contribution in [0.15, 0.2) is 87.5 Å². The second-order valence-electron chi connectivity index (χ2n) is 4.91. The lowest BCUT2D eigenvalue weighted by molar-refractivity contribution is 0.557. The maximum atomic E-state index is 5.21. The molecule has 4 nitrogen and oxygen atoms in total. The molecular weight excluding hydrogens is 318 g/mol. The maximum absolute atomic E-state index is 5.21. The Morgan fingerprint density at radius 3 is 2.79 bits per heavy atom. The molecule has 0 atom stereocenters. The molecule has 3 rings (SSSR count). The number of furan rings is 1. The van der Waals surface area contributed by atoms with Crippen molar-refractivity contribution >= 4 is 23.6 Å². The Morgan fingerprint density at radius 1 is 1.17 bits per heavy atom. The van der Waals surface area contributed by atoms with E-state index in [0.717, 1.165) is 21.8 Å². The zero-order valence-corrected chi connectivity index (χ0v) is 13.9. The number of allylic oxidation sites excluding steroid dienone is 2. The van der Waals surface area contributed by atoms with Gasteiger partial charge in [0.25, 0.3) is 0 Å². The summed E-state index contributed by atoms with van der Waals surface area (Å²) in [7, 11) is 0. The predicted molar refractivity (Wildman–Crippen MR) is 99.7 cm³/mol. The fraction of sp³-hybridized carbons (Fsp3) is 0.0526. The van der Waals surface area contributed by atoms with Crippen molar-refractivity contribution in [3.05, 3.63) is 83.4 Å². The van der Waals surface area contributed by atoms with Crippen LogP contribution in [0.5, 0.6) is 0 Å². The van der Waals surface area contributed by atoms with Gasteiger partial charge in [0.1, 0.15) is 5.76 Å². The first-order valence-corrected chi connectivity index (χ1v) is 8.38. The van der Waals surface area contributed by atoms with E-state index in [2.05, 4.69) is 38.9 Å². The van der Waals surface area contributed by atoms with E-state index in [1.165, 1.54) is 0 Å². The molecule has 0 saturated heterocycles. The Hall–Kier alpha value is -2.92. The number of hydrogen-bond donors (Lipinski definition) is 0. The number of thiazole rings is 1. The van der Waals surface area contributed by atoms with Crippen LogP contribution in [0.25, 0.3) is 17.3 Å². The first kappa shape index (κ1) is 16.0. The summed E-state index contributed by atoms with van der Waals surface area (Å²) in [5, 5.41) is 10.5. The van der Waals surface area contributed by atoms with Crippen LogP contribution in [0.4, 0.5) is 0 Å². The van der Waals surface area contributed by atoms with Crippen LogP contribution in [-0.4, -0.2) is 10.8 Å². The number of rotatable bonds is 6. The van der Waals surface area contributed by atoms with Gasteiger partial charge in [-0.25, -0.2) is 0 Å². The molecule has 2 aromatic heterocycles. The zero-order valence-electron chi connectivity index (χ0n) is 13.1. The zero-order chi connectivity index (χ0) is 16.6. The molecule has 0 unspecified atom stereocenters. The third kappa shape index (κ3) is 3.88. The van der Waals surface area contributed by atoms with E-state index in [0.29, 0.717) is 6.54 Å². The van der Waals surface area contributed by atoms with Crippen LogP contribution >= 0.6 is 11.3 Å². The molecule has 24 heavy (non-hydrogen) atoms. The van der Waals surface area contributed by atoms with E-state index in [9.17, 15) is 0 Å². The first-order chi connectivity index (χ1) is 11.9. The highest BCUT2D eigenvalue weighted by Gasteiger charge is 2.06. The van der Waals surface area contributed by atoms with E-state index < -0.39 is 0 Å². The summed E-state index contributed by atoms with van der Waals surface area (Å²) in [6.45, 7) is 4.52. The lowest BCUT2D eigenvalue weighted by Gasteiger charge is -2.05. The summed E-state index contributed by atoms with van der Waals surface area (Å²) >= 11 is 1.56. The van der Waals surface area contributed by atoms with Crippen molar-refractivity contribution in [2.75, 3.05) is 0 Å². The van der Waals surface area contributed by atoms with Gasteiger partial charge in [0.2, 0.25) is 4.80 Å². The maximum Gasteiger partial charge on any atom is 0.211 e. The van der Waals surface area contributed by atoms with Gasteiger partial charge in [-0.2, -0.15) is 5.10 Å². The minimum absolute atomic E-state index is 0.685. The Balaban J connectivity index is 1.85. The second-order valence-corrected chi connectivity index (χ2v) is 5.74. The average Bonchev–Trinajstić information content (AvgIpc) is 3.26. The summed E-state index contributed by atoms with van der Waals surface area (Å²) in [5.41, 5.74) is 2.26. The predicted octanol–water partition coefficient (Wildman–Crippen LogP) is 4.60. The summed E-state index contributed by atoms with van der Waals surface area (Å²) in [5.74, 6) is 0.783. The minimum Gasteiger partial charge on any atom is -0.465 e. The van der Waals surface area contributed by atoms with Gasteiger partial charge in [0.05, 0.1) is 12.0 Å². The van der Waals surface area contributed by atoms with Crippen molar-refractivity contribution in [2.45, 2.75) is 6.54 Å². The van der Waals surface area contributed by atoms with Crippen LogP contribution in [0.3, 0.4) is 0 Å². The minimum atomic E-state index is 0.685. The largest absolute Gasteiger partial charge is 0.465 e. The van der Waals surface area contributed by atoms with Crippen LogP contribution in [0, 0.1) is 0 Å². The SMILES string of the molecule is C=CCn1c(-c2ccccc2)cs\c1=N/N=C/C=C/c1ccco1. The van der Waals surface area contributed by atoms with Crippen LogP contribution in [0.1, 0.15) is 5.76 Å². The third-order valence-corrected chi connectivity index (χ3v) is 4.13. The number of aromatic nitrogens is 1. The van der Waals surface area contributed by atoms with E-state index in [1.54, 1.807) is 29.9 Å². The number of hydrogen-bond acceptors (Lipinski definition) is 4. The highest BCUT2D eigenvalue weighted by Crippen LogP contribution is 2.19. The smallest absolute Gasteiger partial charge is 0.211 e. The van der Waals surface area contributed by atoms with Crippen LogP contribution in [0.2, 0.25) is 0 Å². The molecule has 0 aliphatic rings. The van der Waals surface area contributed by atoms with Crippen molar-refractivity contribution in [3.8, 4) is 11.3 Å². The second kappa shape index (κ2) is 8.08. The van der Waals surface area contributed by atoms with Crippen molar-refractivity contribution in [3.63, 3.8) is 0 Å². The molecule has 0 bridgehead atoms. The fourth-order valence-corrected chi connectivity index (χ4v) is 3.07. The highest BCUT2D eigenvalue weighted by molar-refractivity contribution is 7.07.